The molecule has 0 bridgehead atoms. The van der Waals surface area contributed by atoms with Crippen LogP contribution < -0.4 is 11.2 Å². The minimum atomic E-state index is -1.84. The van der Waals surface area contributed by atoms with E-state index in [0.717, 1.165) is 0 Å². The molecule has 142 valence electrons. The Hall–Kier alpha value is -2.81. The van der Waals surface area contributed by atoms with Gasteiger partial charge in [0.2, 0.25) is 0 Å². The zero-order valence-corrected chi connectivity index (χ0v) is 13.9. The summed E-state index contributed by atoms with van der Waals surface area (Å²) in [6, 6.07) is 9.98. The highest BCUT2D eigenvalue weighted by atomic mass is 16.6. The van der Waals surface area contributed by atoms with Gasteiger partial charge in [-0.25, -0.2) is 9.36 Å². The minimum absolute atomic E-state index is 0.00828. The summed E-state index contributed by atoms with van der Waals surface area (Å²) in [5.74, 6) is 0. The number of rotatable bonds is 3. The van der Waals surface area contributed by atoms with Crippen molar-refractivity contribution in [2.45, 2.75) is 30.6 Å². The summed E-state index contributed by atoms with van der Waals surface area (Å²) >= 11 is 0. The number of aromatic nitrogens is 2. The standard InChI is InChI=1S/C17H17N3O7/c18-6-9-11(8-4-2-1-3-5-8)19-17(26)20(15(9)25)16-14(24)13(23)12(22)10(7-21)27-16/h1-5,10,12-14,16,21-24H,7H2,(H,19,26)/t10-,12-,13+,14-,16-/m1/s1. The first kappa shape index (κ1) is 19.0. The van der Waals surface area contributed by atoms with Gasteiger partial charge in [0.05, 0.1) is 12.3 Å². The molecule has 10 heteroatoms. The number of nitrogens with zero attached hydrogens (tertiary/aromatic N) is 2. The van der Waals surface area contributed by atoms with E-state index in [1.54, 1.807) is 36.4 Å². The van der Waals surface area contributed by atoms with Gasteiger partial charge in [-0.15, -0.1) is 0 Å². The molecule has 0 aliphatic carbocycles. The normalized spacial score (nSPS) is 27.9. The molecule has 5 atom stereocenters. The van der Waals surface area contributed by atoms with Crippen molar-refractivity contribution in [2.24, 2.45) is 0 Å². The van der Waals surface area contributed by atoms with E-state index in [0.29, 0.717) is 10.1 Å². The molecule has 3 rings (SSSR count). The molecule has 27 heavy (non-hydrogen) atoms. The van der Waals surface area contributed by atoms with Gasteiger partial charge in [-0.2, -0.15) is 5.26 Å². The van der Waals surface area contributed by atoms with E-state index >= 15 is 0 Å². The van der Waals surface area contributed by atoms with E-state index in [4.69, 9.17) is 4.74 Å². The summed E-state index contributed by atoms with van der Waals surface area (Å²) < 4.78 is 5.70. The second-order valence-electron chi connectivity index (χ2n) is 6.05. The van der Waals surface area contributed by atoms with Crippen LogP contribution in [-0.4, -0.2) is 61.0 Å². The van der Waals surface area contributed by atoms with Crippen LogP contribution in [0.5, 0.6) is 0 Å². The van der Waals surface area contributed by atoms with Gasteiger partial charge in [-0.3, -0.25) is 4.79 Å². The smallest absolute Gasteiger partial charge is 0.331 e. The number of nitriles is 1. The number of aliphatic hydroxyl groups excluding tert-OH is 4. The summed E-state index contributed by atoms with van der Waals surface area (Å²) in [6.45, 7) is -0.721. The minimum Gasteiger partial charge on any atom is -0.394 e. The predicted octanol–water partition coefficient (Wildman–Crippen LogP) is -1.95. The van der Waals surface area contributed by atoms with Gasteiger partial charge in [0.25, 0.3) is 5.56 Å². The molecule has 1 aliphatic rings. The van der Waals surface area contributed by atoms with Crippen LogP contribution in [0, 0.1) is 11.3 Å². The monoisotopic (exact) mass is 375 g/mol. The molecule has 0 radical (unpaired) electrons. The lowest BCUT2D eigenvalue weighted by molar-refractivity contribution is -0.252. The highest BCUT2D eigenvalue weighted by Crippen LogP contribution is 2.27. The van der Waals surface area contributed by atoms with Crippen molar-refractivity contribution < 1.29 is 25.2 Å². The van der Waals surface area contributed by atoms with Crippen molar-refractivity contribution >= 4 is 0 Å². The molecule has 2 heterocycles. The first-order chi connectivity index (χ1) is 12.9. The highest BCUT2D eigenvalue weighted by molar-refractivity contribution is 5.65. The number of hydrogen-bond acceptors (Lipinski definition) is 8. The molecule has 1 aromatic heterocycles. The maximum absolute atomic E-state index is 12.8. The zero-order chi connectivity index (χ0) is 19.7. The maximum atomic E-state index is 12.8. The molecule has 1 aliphatic heterocycles. The van der Waals surface area contributed by atoms with Crippen LogP contribution in [0.4, 0.5) is 0 Å². The lowest BCUT2D eigenvalue weighted by Gasteiger charge is -2.40. The van der Waals surface area contributed by atoms with Crippen molar-refractivity contribution in [3.63, 3.8) is 0 Å². The summed E-state index contributed by atoms with van der Waals surface area (Å²) in [7, 11) is 0. The lowest BCUT2D eigenvalue weighted by Crippen LogP contribution is -2.59. The van der Waals surface area contributed by atoms with E-state index in [9.17, 15) is 35.3 Å². The van der Waals surface area contributed by atoms with Crippen LogP contribution in [-0.2, 0) is 4.74 Å². The Morgan fingerprint density at radius 1 is 1.11 bits per heavy atom. The van der Waals surface area contributed by atoms with Crippen LogP contribution in [0.1, 0.15) is 11.8 Å². The van der Waals surface area contributed by atoms with Crippen molar-refractivity contribution in [3.8, 4) is 17.3 Å². The first-order valence-corrected chi connectivity index (χ1v) is 8.05. The molecule has 5 N–H and O–H groups in total. The summed E-state index contributed by atoms with van der Waals surface area (Å²) in [4.78, 5) is 27.7. The van der Waals surface area contributed by atoms with Crippen LogP contribution in [0.25, 0.3) is 11.3 Å². The Bertz CT molecular complexity index is 977. The maximum Gasteiger partial charge on any atom is 0.331 e. The summed E-state index contributed by atoms with van der Waals surface area (Å²) in [5.41, 5.74) is -1.97. The van der Waals surface area contributed by atoms with Crippen molar-refractivity contribution in [1.82, 2.24) is 9.55 Å². The van der Waals surface area contributed by atoms with Crippen LogP contribution >= 0.6 is 0 Å². The molecular weight excluding hydrogens is 358 g/mol. The highest BCUT2D eigenvalue weighted by Gasteiger charge is 2.45. The van der Waals surface area contributed by atoms with Gasteiger partial charge in [-0.05, 0) is 5.56 Å². The van der Waals surface area contributed by atoms with Crippen molar-refractivity contribution in [1.29, 1.82) is 5.26 Å². The Labute approximate surface area is 152 Å². The number of aliphatic hydroxyl groups is 4. The second-order valence-corrected chi connectivity index (χ2v) is 6.05. The number of benzene rings is 1. The Balaban J connectivity index is 2.17. The fraction of sp³-hybridized carbons (Fsp3) is 0.353. The number of H-pyrrole nitrogens is 1. The van der Waals surface area contributed by atoms with Gasteiger partial charge in [0, 0.05) is 0 Å². The molecule has 1 fully saturated rings. The Morgan fingerprint density at radius 3 is 2.37 bits per heavy atom. The summed E-state index contributed by atoms with van der Waals surface area (Å²) in [5, 5.41) is 48.6. The number of ether oxygens (including phenoxy) is 1. The quantitative estimate of drug-likeness (QED) is 0.412. The van der Waals surface area contributed by atoms with Gasteiger partial charge in [0.15, 0.2) is 6.23 Å². The third-order valence-corrected chi connectivity index (χ3v) is 4.43. The molecule has 1 aromatic carbocycles. The number of nitrogens with one attached hydrogen (secondary N) is 1. The van der Waals surface area contributed by atoms with Gasteiger partial charge < -0.3 is 30.1 Å². The van der Waals surface area contributed by atoms with E-state index < -0.39 is 54.1 Å². The molecule has 0 amide bonds. The van der Waals surface area contributed by atoms with Crippen LogP contribution in [0.2, 0.25) is 0 Å². The molecule has 0 saturated carbocycles. The fourth-order valence-electron chi connectivity index (χ4n) is 3.00. The molecule has 0 spiro atoms. The third kappa shape index (κ3) is 3.18. The van der Waals surface area contributed by atoms with E-state index in [-0.39, 0.29) is 5.69 Å². The molecule has 2 aromatic rings. The number of aromatic amines is 1. The summed E-state index contributed by atoms with van der Waals surface area (Å²) in [6.07, 6.45) is -8.26. The van der Waals surface area contributed by atoms with E-state index in [1.807, 2.05) is 0 Å². The average molecular weight is 375 g/mol. The molecule has 1 saturated heterocycles. The van der Waals surface area contributed by atoms with Gasteiger partial charge in [-0.1, -0.05) is 30.3 Å². The average Bonchev–Trinajstić information content (AvgIpc) is 2.68. The zero-order valence-electron chi connectivity index (χ0n) is 13.9. The first-order valence-electron chi connectivity index (χ1n) is 8.05. The molecular formula is C17H17N3O7. The lowest BCUT2D eigenvalue weighted by atomic mass is 9.98. The van der Waals surface area contributed by atoms with Gasteiger partial charge in [0.1, 0.15) is 36.0 Å². The number of hydrogen-bond donors (Lipinski definition) is 5. The van der Waals surface area contributed by atoms with Crippen LogP contribution in [0.3, 0.4) is 0 Å². The Kier molecular flexibility index (Phi) is 5.22. The predicted molar refractivity (Wildman–Crippen MR) is 90.5 cm³/mol. The Morgan fingerprint density at radius 2 is 1.78 bits per heavy atom. The van der Waals surface area contributed by atoms with Gasteiger partial charge >= 0.3 is 5.69 Å². The van der Waals surface area contributed by atoms with E-state index in [2.05, 4.69) is 4.98 Å². The SMILES string of the molecule is N#Cc1c(-c2ccccc2)[nH]c(=O)n([C@@H]2O[C@H](CO)[C@@H](O)[C@H](O)[C@H]2O)c1=O. The largest absolute Gasteiger partial charge is 0.394 e. The third-order valence-electron chi connectivity index (χ3n) is 4.43. The fourth-order valence-corrected chi connectivity index (χ4v) is 3.00. The van der Waals surface area contributed by atoms with Crippen LogP contribution in [0.15, 0.2) is 39.9 Å². The second kappa shape index (κ2) is 7.43. The molecule has 10 nitrogen and oxygen atoms in total. The van der Waals surface area contributed by atoms with Crippen molar-refractivity contribution in [3.05, 3.63) is 56.7 Å². The van der Waals surface area contributed by atoms with Crippen molar-refractivity contribution in [2.75, 3.05) is 6.61 Å². The topological polar surface area (TPSA) is 169 Å². The van der Waals surface area contributed by atoms with E-state index in [1.165, 1.54) is 0 Å². The molecule has 0 unspecified atom stereocenters.